The molecule has 2 atom stereocenters. The van der Waals surface area contributed by atoms with E-state index in [2.05, 4.69) is 10.3 Å². The van der Waals surface area contributed by atoms with Crippen molar-refractivity contribution < 1.29 is 27.7 Å². The average molecular weight is 495 g/mol. The van der Waals surface area contributed by atoms with Crippen LogP contribution in [-0.4, -0.2) is 47.5 Å². The maximum Gasteiger partial charge on any atom is 0.298 e. The standard InChI is InChI=1S/C21H23ClN4O6S/c22-12-7-15(20(28)17(8-12)33(30,31)32)14(9-18(23)27)19(24)21(29)25-6-5-11-10-26-16-4-2-1-3-13(11)16/h1-4,7-8,10,14,19,26,28H,5-6,9,24H2,(H2,23,27)(H,25,29)(H,30,31,32)/t14?,19-/m0/s1. The van der Waals surface area contributed by atoms with E-state index in [1.54, 1.807) is 0 Å². The lowest BCUT2D eigenvalue weighted by atomic mass is 9.87. The van der Waals surface area contributed by atoms with E-state index in [1.807, 2.05) is 30.5 Å². The number of aromatic nitrogens is 1. The van der Waals surface area contributed by atoms with E-state index in [0.29, 0.717) is 6.42 Å². The van der Waals surface area contributed by atoms with Gasteiger partial charge in [0, 0.05) is 46.6 Å². The molecule has 0 saturated heterocycles. The van der Waals surface area contributed by atoms with Gasteiger partial charge in [0.1, 0.15) is 10.6 Å². The van der Waals surface area contributed by atoms with Gasteiger partial charge in [-0.3, -0.25) is 14.1 Å². The van der Waals surface area contributed by atoms with Crippen molar-refractivity contribution >= 4 is 44.4 Å². The van der Waals surface area contributed by atoms with Gasteiger partial charge in [-0.05, 0) is 30.2 Å². The first-order valence-corrected chi connectivity index (χ1v) is 11.7. The fraction of sp³-hybridized carbons (Fsp3) is 0.238. The molecular formula is C21H23ClN4O6S. The minimum absolute atomic E-state index is 0.156. The number of rotatable bonds is 9. The molecule has 0 spiro atoms. The summed E-state index contributed by atoms with van der Waals surface area (Å²) < 4.78 is 32.5. The molecule has 0 aliphatic rings. The summed E-state index contributed by atoms with van der Waals surface area (Å²) >= 11 is 5.93. The third-order valence-corrected chi connectivity index (χ3v) is 6.36. The highest BCUT2D eigenvalue weighted by Gasteiger charge is 2.32. The van der Waals surface area contributed by atoms with Crippen LogP contribution in [-0.2, 0) is 26.1 Å². The molecule has 2 aromatic carbocycles. The second kappa shape index (κ2) is 9.79. The minimum Gasteiger partial charge on any atom is -0.506 e. The number of fused-ring (bicyclic) bond motifs is 1. The van der Waals surface area contributed by atoms with E-state index in [4.69, 9.17) is 23.1 Å². The number of nitrogens with two attached hydrogens (primary N) is 2. The van der Waals surface area contributed by atoms with Crippen LogP contribution in [0.3, 0.4) is 0 Å². The van der Waals surface area contributed by atoms with Crippen LogP contribution in [0.4, 0.5) is 0 Å². The van der Waals surface area contributed by atoms with Gasteiger partial charge in [-0.1, -0.05) is 29.8 Å². The van der Waals surface area contributed by atoms with E-state index in [0.717, 1.165) is 28.6 Å². The number of hydrogen-bond acceptors (Lipinski definition) is 6. The van der Waals surface area contributed by atoms with Crippen molar-refractivity contribution in [2.24, 2.45) is 11.5 Å². The van der Waals surface area contributed by atoms with Crippen molar-refractivity contribution in [3.63, 3.8) is 0 Å². The molecule has 0 radical (unpaired) electrons. The maximum absolute atomic E-state index is 12.7. The number of amides is 2. The third kappa shape index (κ3) is 5.63. The molecule has 3 aromatic rings. The first-order valence-electron chi connectivity index (χ1n) is 9.85. The Labute approximate surface area is 194 Å². The molecule has 0 saturated carbocycles. The molecule has 176 valence electrons. The molecule has 0 fully saturated rings. The molecule has 0 aliphatic heterocycles. The van der Waals surface area contributed by atoms with Gasteiger partial charge in [-0.15, -0.1) is 0 Å². The Bertz CT molecular complexity index is 1310. The molecule has 0 aliphatic carbocycles. The van der Waals surface area contributed by atoms with Gasteiger partial charge in [0.15, 0.2) is 0 Å². The Morgan fingerprint density at radius 2 is 1.91 bits per heavy atom. The molecule has 12 heteroatoms. The number of H-pyrrole nitrogens is 1. The van der Waals surface area contributed by atoms with Crippen molar-refractivity contribution in [1.29, 1.82) is 0 Å². The summed E-state index contributed by atoms with van der Waals surface area (Å²) in [6, 6.07) is 8.32. The van der Waals surface area contributed by atoms with Crippen LogP contribution in [0.15, 0.2) is 47.5 Å². The number of halogens is 1. The zero-order chi connectivity index (χ0) is 24.3. The van der Waals surface area contributed by atoms with E-state index >= 15 is 0 Å². The molecule has 1 aromatic heterocycles. The largest absolute Gasteiger partial charge is 0.506 e. The summed E-state index contributed by atoms with van der Waals surface area (Å²) in [7, 11) is -4.84. The van der Waals surface area contributed by atoms with Crippen LogP contribution < -0.4 is 16.8 Å². The number of para-hydroxylation sites is 1. The van der Waals surface area contributed by atoms with Gasteiger partial charge in [-0.25, -0.2) is 0 Å². The monoisotopic (exact) mass is 494 g/mol. The molecule has 8 N–H and O–H groups in total. The molecule has 0 bridgehead atoms. The normalized spacial score (nSPS) is 13.5. The zero-order valence-electron chi connectivity index (χ0n) is 17.3. The van der Waals surface area contributed by atoms with Crippen LogP contribution >= 0.6 is 11.6 Å². The second-order valence-electron chi connectivity index (χ2n) is 7.52. The highest BCUT2D eigenvalue weighted by molar-refractivity contribution is 7.86. The Hall–Kier alpha value is -3.12. The molecule has 33 heavy (non-hydrogen) atoms. The summed E-state index contributed by atoms with van der Waals surface area (Å²) in [6.07, 6.45) is 1.86. The second-order valence-corrected chi connectivity index (χ2v) is 9.35. The Balaban J connectivity index is 1.80. The van der Waals surface area contributed by atoms with Crippen molar-refractivity contribution in [2.75, 3.05) is 6.54 Å². The topological polar surface area (TPSA) is 189 Å². The molecule has 1 heterocycles. The number of phenols is 1. The van der Waals surface area contributed by atoms with Gasteiger partial charge >= 0.3 is 0 Å². The first kappa shape index (κ1) is 24.5. The number of hydrogen-bond donors (Lipinski definition) is 6. The van der Waals surface area contributed by atoms with Gasteiger partial charge in [0.2, 0.25) is 11.8 Å². The lowest BCUT2D eigenvalue weighted by Gasteiger charge is -2.24. The number of phenolic OH excluding ortho intramolecular Hbond substituents is 1. The molecule has 2 amide bonds. The highest BCUT2D eigenvalue weighted by Crippen LogP contribution is 2.37. The SMILES string of the molecule is NC(=O)CC(c1cc(Cl)cc(S(=O)(=O)O)c1O)[C@H](N)C(=O)NCCc1c[nH]c2ccccc12. The van der Waals surface area contributed by atoms with Gasteiger partial charge in [0.25, 0.3) is 10.1 Å². The maximum atomic E-state index is 12.7. The van der Waals surface area contributed by atoms with Crippen molar-refractivity contribution in [3.8, 4) is 5.75 Å². The molecule has 3 rings (SSSR count). The van der Waals surface area contributed by atoms with Crippen LogP contribution in [0.1, 0.15) is 23.5 Å². The number of carbonyl (C=O) groups is 2. The van der Waals surface area contributed by atoms with Gasteiger partial charge < -0.3 is 26.9 Å². The van der Waals surface area contributed by atoms with Crippen LogP contribution in [0.5, 0.6) is 5.75 Å². The van der Waals surface area contributed by atoms with Gasteiger partial charge in [-0.2, -0.15) is 8.42 Å². The quantitative estimate of drug-likeness (QED) is 0.242. The van der Waals surface area contributed by atoms with Crippen LogP contribution in [0.25, 0.3) is 10.9 Å². The summed E-state index contributed by atoms with van der Waals surface area (Å²) in [6.45, 7) is 0.232. The fourth-order valence-corrected chi connectivity index (χ4v) is 4.61. The Morgan fingerprint density at radius 1 is 1.21 bits per heavy atom. The summed E-state index contributed by atoms with van der Waals surface area (Å²) in [5.74, 6) is -3.55. The molecular weight excluding hydrogens is 472 g/mol. The van der Waals surface area contributed by atoms with E-state index in [9.17, 15) is 27.7 Å². The van der Waals surface area contributed by atoms with E-state index in [1.165, 1.54) is 0 Å². The number of aromatic amines is 1. The highest BCUT2D eigenvalue weighted by atomic mass is 35.5. The first-order chi connectivity index (χ1) is 15.5. The Morgan fingerprint density at radius 3 is 2.58 bits per heavy atom. The predicted molar refractivity (Wildman–Crippen MR) is 122 cm³/mol. The van der Waals surface area contributed by atoms with E-state index in [-0.39, 0.29) is 17.1 Å². The van der Waals surface area contributed by atoms with Crippen LogP contribution in [0, 0.1) is 0 Å². The smallest absolute Gasteiger partial charge is 0.298 e. The summed E-state index contributed by atoms with van der Waals surface area (Å²) in [5.41, 5.74) is 13.1. The number of benzene rings is 2. The summed E-state index contributed by atoms with van der Waals surface area (Å²) in [4.78, 5) is 26.6. The van der Waals surface area contributed by atoms with Crippen molar-refractivity contribution in [3.05, 3.63) is 58.7 Å². The van der Waals surface area contributed by atoms with Crippen molar-refractivity contribution in [1.82, 2.24) is 10.3 Å². The lowest BCUT2D eigenvalue weighted by molar-refractivity contribution is -0.123. The van der Waals surface area contributed by atoms with E-state index < -0.39 is 51.0 Å². The molecule has 1 unspecified atom stereocenters. The fourth-order valence-electron chi connectivity index (χ4n) is 3.68. The number of primary amides is 1. The van der Waals surface area contributed by atoms with Gasteiger partial charge in [0.05, 0.1) is 6.04 Å². The van der Waals surface area contributed by atoms with Crippen molar-refractivity contribution in [2.45, 2.75) is 29.7 Å². The Kier molecular flexibility index (Phi) is 7.28. The van der Waals surface area contributed by atoms with Crippen LogP contribution in [0.2, 0.25) is 5.02 Å². The number of nitrogens with one attached hydrogen (secondary N) is 2. The average Bonchev–Trinajstić information content (AvgIpc) is 3.15. The minimum atomic E-state index is -4.84. The zero-order valence-corrected chi connectivity index (χ0v) is 18.9. The predicted octanol–water partition coefficient (Wildman–Crippen LogP) is 1.42. The number of carbonyl (C=O) groups excluding carboxylic acids is 2. The summed E-state index contributed by atoms with van der Waals surface area (Å²) in [5, 5.41) is 14.0. The number of aromatic hydroxyl groups is 1. The lowest BCUT2D eigenvalue weighted by Crippen LogP contribution is -2.46. The molecule has 10 nitrogen and oxygen atoms in total. The third-order valence-electron chi connectivity index (χ3n) is 5.27.